The van der Waals surface area contributed by atoms with E-state index in [0.29, 0.717) is 11.4 Å². The smallest absolute Gasteiger partial charge is 0.335 e. The van der Waals surface area contributed by atoms with Gasteiger partial charge in [-0.2, -0.15) is 0 Å². The number of nitrogens with one attached hydrogen (secondary N) is 1. The molecule has 0 atom stereocenters. The molecule has 0 bridgehead atoms. The average Bonchev–Trinajstić information content (AvgIpc) is 2.70. The third-order valence-corrected chi connectivity index (χ3v) is 6.51. The third-order valence-electron chi connectivity index (χ3n) is 4.68. The highest BCUT2D eigenvalue weighted by Crippen LogP contribution is 2.22. The number of aliphatic imine (C=N–C) groups is 1. The summed E-state index contributed by atoms with van der Waals surface area (Å²) in [6.45, 7) is 3.63. The van der Waals surface area contributed by atoms with Gasteiger partial charge in [-0.25, -0.2) is 22.1 Å². The standard InChI is InChI=1S/C21H22N4O5S/c1-13-5-6-14(2)18(11-13)25-20(27)17(19(26)23-21(25)28)12-22-15-7-9-16(10-8-15)31(29,30)24(3)4/h5-12,27H,1-4H3,(H,23,26,28). The minimum atomic E-state index is -3.57. The first kappa shape index (κ1) is 22.2. The Morgan fingerprint density at radius 2 is 1.71 bits per heavy atom. The Morgan fingerprint density at radius 3 is 2.32 bits per heavy atom. The van der Waals surface area contributed by atoms with Gasteiger partial charge in [0.25, 0.3) is 5.56 Å². The van der Waals surface area contributed by atoms with Gasteiger partial charge in [-0.05, 0) is 55.3 Å². The van der Waals surface area contributed by atoms with Crippen molar-refractivity contribution in [2.75, 3.05) is 14.1 Å². The number of aryl methyl sites for hydroxylation is 2. The average molecular weight is 442 g/mol. The van der Waals surface area contributed by atoms with Crippen LogP contribution in [-0.2, 0) is 10.0 Å². The molecule has 3 rings (SSSR count). The predicted octanol–water partition coefficient (Wildman–Crippen LogP) is 1.85. The van der Waals surface area contributed by atoms with E-state index in [9.17, 15) is 23.1 Å². The molecule has 31 heavy (non-hydrogen) atoms. The van der Waals surface area contributed by atoms with E-state index in [1.165, 1.54) is 38.4 Å². The van der Waals surface area contributed by atoms with Crippen molar-refractivity contribution < 1.29 is 13.5 Å². The van der Waals surface area contributed by atoms with Gasteiger partial charge >= 0.3 is 5.69 Å². The van der Waals surface area contributed by atoms with Gasteiger partial charge in [0.2, 0.25) is 15.9 Å². The number of nitrogens with zero attached hydrogens (tertiary/aromatic N) is 3. The molecular weight excluding hydrogens is 420 g/mol. The van der Waals surface area contributed by atoms with Gasteiger partial charge in [0.1, 0.15) is 5.56 Å². The molecule has 0 saturated heterocycles. The van der Waals surface area contributed by atoms with Crippen LogP contribution in [0.1, 0.15) is 16.7 Å². The first-order valence-corrected chi connectivity index (χ1v) is 10.7. The summed E-state index contributed by atoms with van der Waals surface area (Å²) in [6.07, 6.45) is 1.13. The number of rotatable bonds is 5. The van der Waals surface area contributed by atoms with Gasteiger partial charge in [0, 0.05) is 20.3 Å². The topological polar surface area (TPSA) is 125 Å². The van der Waals surface area contributed by atoms with Gasteiger partial charge in [-0.3, -0.25) is 14.8 Å². The van der Waals surface area contributed by atoms with E-state index in [2.05, 4.69) is 9.98 Å². The predicted molar refractivity (Wildman–Crippen MR) is 118 cm³/mol. The molecule has 0 aliphatic carbocycles. The van der Waals surface area contributed by atoms with Crippen LogP contribution in [0.2, 0.25) is 0 Å². The number of sulfonamides is 1. The molecule has 0 unspecified atom stereocenters. The van der Waals surface area contributed by atoms with Crippen molar-refractivity contribution in [2.45, 2.75) is 18.7 Å². The maximum absolute atomic E-state index is 12.4. The molecule has 2 aromatic carbocycles. The molecule has 0 saturated carbocycles. The summed E-state index contributed by atoms with van der Waals surface area (Å²) >= 11 is 0. The van der Waals surface area contributed by atoms with E-state index in [1.807, 2.05) is 13.0 Å². The van der Waals surface area contributed by atoms with Crippen LogP contribution in [-0.4, -0.2) is 47.7 Å². The van der Waals surface area contributed by atoms with Crippen LogP contribution in [0, 0.1) is 13.8 Å². The van der Waals surface area contributed by atoms with E-state index in [4.69, 9.17) is 0 Å². The minimum Gasteiger partial charge on any atom is -0.493 e. The summed E-state index contributed by atoms with van der Waals surface area (Å²) in [5.74, 6) is -0.544. The molecule has 10 heteroatoms. The summed E-state index contributed by atoms with van der Waals surface area (Å²) in [5.41, 5.74) is 0.640. The molecular formula is C21H22N4O5S. The second-order valence-corrected chi connectivity index (χ2v) is 9.31. The first-order chi connectivity index (χ1) is 14.5. The molecule has 3 aromatic rings. The first-order valence-electron chi connectivity index (χ1n) is 9.25. The van der Waals surface area contributed by atoms with Gasteiger partial charge in [-0.1, -0.05) is 12.1 Å². The summed E-state index contributed by atoms with van der Waals surface area (Å²) in [5, 5.41) is 10.7. The Labute approximate surface area is 179 Å². The van der Waals surface area contributed by atoms with Crippen molar-refractivity contribution in [3.05, 3.63) is 80.0 Å². The van der Waals surface area contributed by atoms with E-state index in [1.54, 1.807) is 19.1 Å². The maximum atomic E-state index is 12.4. The number of benzene rings is 2. The number of aromatic hydroxyl groups is 1. The number of H-pyrrole nitrogens is 1. The van der Waals surface area contributed by atoms with E-state index >= 15 is 0 Å². The second kappa shape index (κ2) is 8.32. The van der Waals surface area contributed by atoms with Gasteiger partial charge in [0.05, 0.1) is 16.3 Å². The summed E-state index contributed by atoms with van der Waals surface area (Å²) in [6, 6.07) is 11.1. The Morgan fingerprint density at radius 1 is 1.06 bits per heavy atom. The second-order valence-electron chi connectivity index (χ2n) is 7.16. The monoisotopic (exact) mass is 442 g/mol. The van der Waals surface area contributed by atoms with Gasteiger partial charge in [0.15, 0.2) is 0 Å². The van der Waals surface area contributed by atoms with E-state index in [0.717, 1.165) is 26.2 Å². The zero-order chi connectivity index (χ0) is 22.9. The number of aromatic amines is 1. The largest absolute Gasteiger partial charge is 0.493 e. The summed E-state index contributed by atoms with van der Waals surface area (Å²) in [7, 11) is -0.711. The van der Waals surface area contributed by atoms with Crippen molar-refractivity contribution in [2.24, 2.45) is 4.99 Å². The number of aromatic nitrogens is 2. The molecule has 1 aromatic heterocycles. The van der Waals surface area contributed by atoms with Crippen molar-refractivity contribution in [1.29, 1.82) is 0 Å². The molecule has 0 radical (unpaired) electrons. The third kappa shape index (κ3) is 4.35. The Hall–Kier alpha value is -3.50. The molecule has 0 amide bonds. The van der Waals surface area contributed by atoms with E-state index < -0.39 is 27.2 Å². The highest BCUT2D eigenvalue weighted by atomic mass is 32.2. The molecule has 0 fully saturated rings. The highest BCUT2D eigenvalue weighted by Gasteiger charge is 2.17. The van der Waals surface area contributed by atoms with Crippen LogP contribution in [0.15, 0.2) is 61.9 Å². The van der Waals surface area contributed by atoms with Crippen LogP contribution >= 0.6 is 0 Å². The maximum Gasteiger partial charge on any atom is 0.335 e. The lowest BCUT2D eigenvalue weighted by Gasteiger charge is -2.13. The van der Waals surface area contributed by atoms with Crippen LogP contribution in [0.5, 0.6) is 5.88 Å². The number of hydrogen-bond acceptors (Lipinski definition) is 6. The van der Waals surface area contributed by atoms with Crippen molar-refractivity contribution in [3.8, 4) is 11.6 Å². The number of hydrogen-bond donors (Lipinski definition) is 2. The Balaban J connectivity index is 2.05. The van der Waals surface area contributed by atoms with Gasteiger partial charge in [-0.15, -0.1) is 0 Å². The van der Waals surface area contributed by atoms with Crippen molar-refractivity contribution >= 4 is 21.9 Å². The lowest BCUT2D eigenvalue weighted by molar-refractivity contribution is 0.430. The zero-order valence-electron chi connectivity index (χ0n) is 17.4. The van der Waals surface area contributed by atoms with Gasteiger partial charge < -0.3 is 5.11 Å². The van der Waals surface area contributed by atoms with Crippen LogP contribution in [0.4, 0.5) is 5.69 Å². The Bertz CT molecular complexity index is 1380. The zero-order valence-corrected chi connectivity index (χ0v) is 18.3. The normalized spacial score (nSPS) is 12.0. The summed E-state index contributed by atoms with van der Waals surface area (Å²) < 4.78 is 26.4. The fraction of sp³-hybridized carbons (Fsp3) is 0.190. The van der Waals surface area contributed by atoms with E-state index in [-0.39, 0.29) is 10.5 Å². The molecule has 162 valence electrons. The Kier molecular flexibility index (Phi) is 5.96. The van der Waals surface area contributed by atoms with Crippen molar-refractivity contribution in [1.82, 2.24) is 13.9 Å². The molecule has 2 N–H and O–H groups in total. The SMILES string of the molecule is Cc1ccc(C)c(-n2c(O)c(C=Nc3ccc(S(=O)(=O)N(C)C)cc3)c(=O)[nH]c2=O)c1. The quantitative estimate of drug-likeness (QED) is 0.584. The lowest BCUT2D eigenvalue weighted by Crippen LogP contribution is -2.31. The van der Waals surface area contributed by atoms with Crippen LogP contribution < -0.4 is 11.2 Å². The molecule has 1 heterocycles. The molecule has 0 aliphatic rings. The highest BCUT2D eigenvalue weighted by molar-refractivity contribution is 7.89. The lowest BCUT2D eigenvalue weighted by atomic mass is 10.1. The summed E-state index contributed by atoms with van der Waals surface area (Å²) in [4.78, 5) is 31.1. The molecule has 0 aliphatic heterocycles. The van der Waals surface area contributed by atoms with Crippen LogP contribution in [0.3, 0.4) is 0 Å². The molecule has 0 spiro atoms. The molecule has 9 nitrogen and oxygen atoms in total. The van der Waals surface area contributed by atoms with Crippen LogP contribution in [0.25, 0.3) is 5.69 Å². The minimum absolute atomic E-state index is 0.0978. The fourth-order valence-electron chi connectivity index (χ4n) is 2.89. The van der Waals surface area contributed by atoms with Crippen molar-refractivity contribution in [3.63, 3.8) is 0 Å². The fourth-order valence-corrected chi connectivity index (χ4v) is 3.79.